The number of aliphatic imine (C=N–C) groups is 1. The minimum Gasteiger partial charge on any atom is -0.366 e. The molecule has 1 aromatic heterocycles. The maximum absolute atomic E-state index is 12.0. The standard InChI is InChI=1S/C16H12N4O2S/c17-14(21)11-5-1-2-6-12(11)19-16-20-15(22)13(23-16)8-10-4-3-7-18-9-10/h1-9H,(H2,17,21)(H,19,20,22)/b13-8-. The smallest absolute Gasteiger partial charge is 0.264 e. The van der Waals surface area contributed by atoms with Gasteiger partial charge in [0.05, 0.1) is 16.2 Å². The van der Waals surface area contributed by atoms with Gasteiger partial charge in [-0.25, -0.2) is 4.99 Å². The molecule has 2 aromatic rings. The lowest BCUT2D eigenvalue weighted by Gasteiger charge is -2.01. The molecule has 0 spiro atoms. The number of amides is 2. The Morgan fingerprint density at radius 3 is 2.83 bits per heavy atom. The van der Waals surface area contributed by atoms with E-state index in [4.69, 9.17) is 5.73 Å². The van der Waals surface area contributed by atoms with E-state index in [1.165, 1.54) is 11.8 Å². The van der Waals surface area contributed by atoms with Crippen LogP contribution in [0.15, 0.2) is 58.7 Å². The molecule has 0 aliphatic carbocycles. The Hall–Kier alpha value is -2.93. The highest BCUT2D eigenvalue weighted by Crippen LogP contribution is 2.28. The van der Waals surface area contributed by atoms with Gasteiger partial charge in [0.2, 0.25) is 0 Å². The van der Waals surface area contributed by atoms with Crippen LogP contribution in [0.5, 0.6) is 0 Å². The van der Waals surface area contributed by atoms with Crippen LogP contribution in [0, 0.1) is 0 Å². The van der Waals surface area contributed by atoms with E-state index in [2.05, 4.69) is 15.3 Å². The summed E-state index contributed by atoms with van der Waals surface area (Å²) in [4.78, 5) is 32.2. The molecule has 1 fully saturated rings. The predicted octanol–water partition coefficient (Wildman–Crippen LogP) is 2.07. The van der Waals surface area contributed by atoms with Crippen molar-refractivity contribution in [2.75, 3.05) is 0 Å². The van der Waals surface area contributed by atoms with Crippen molar-refractivity contribution in [1.29, 1.82) is 0 Å². The van der Waals surface area contributed by atoms with Crippen LogP contribution in [0.2, 0.25) is 0 Å². The second-order valence-electron chi connectivity index (χ2n) is 4.65. The fourth-order valence-electron chi connectivity index (χ4n) is 1.98. The van der Waals surface area contributed by atoms with Gasteiger partial charge in [-0.1, -0.05) is 18.2 Å². The molecule has 2 heterocycles. The van der Waals surface area contributed by atoms with Gasteiger partial charge in [-0.2, -0.15) is 0 Å². The van der Waals surface area contributed by atoms with E-state index in [1.807, 2.05) is 6.07 Å². The lowest BCUT2D eigenvalue weighted by Crippen LogP contribution is -2.19. The van der Waals surface area contributed by atoms with Crippen molar-refractivity contribution in [2.24, 2.45) is 10.7 Å². The molecule has 7 heteroatoms. The molecule has 0 bridgehead atoms. The van der Waals surface area contributed by atoms with Crippen LogP contribution < -0.4 is 11.1 Å². The quantitative estimate of drug-likeness (QED) is 0.845. The first-order valence-corrected chi connectivity index (χ1v) is 7.53. The summed E-state index contributed by atoms with van der Waals surface area (Å²) in [6.45, 7) is 0. The highest BCUT2D eigenvalue weighted by molar-refractivity contribution is 8.18. The Morgan fingerprint density at radius 1 is 1.26 bits per heavy atom. The molecule has 0 radical (unpaired) electrons. The van der Waals surface area contributed by atoms with Crippen LogP contribution in [-0.2, 0) is 4.79 Å². The first-order chi connectivity index (χ1) is 11.1. The van der Waals surface area contributed by atoms with Crippen molar-refractivity contribution < 1.29 is 9.59 Å². The maximum Gasteiger partial charge on any atom is 0.264 e. The summed E-state index contributed by atoms with van der Waals surface area (Å²) in [5.74, 6) is -0.806. The Morgan fingerprint density at radius 2 is 2.09 bits per heavy atom. The highest BCUT2D eigenvalue weighted by atomic mass is 32.2. The van der Waals surface area contributed by atoms with E-state index < -0.39 is 5.91 Å². The Balaban J connectivity index is 1.88. The Kier molecular flexibility index (Phi) is 4.20. The second kappa shape index (κ2) is 6.45. The molecule has 2 amide bonds. The van der Waals surface area contributed by atoms with Crippen LogP contribution in [0.3, 0.4) is 0 Å². The first kappa shape index (κ1) is 15.0. The molecule has 0 unspecified atom stereocenters. The third-order valence-electron chi connectivity index (χ3n) is 3.02. The number of benzene rings is 1. The van der Waals surface area contributed by atoms with Gasteiger partial charge in [0.1, 0.15) is 0 Å². The monoisotopic (exact) mass is 324 g/mol. The van der Waals surface area contributed by atoms with E-state index in [-0.39, 0.29) is 5.91 Å². The summed E-state index contributed by atoms with van der Waals surface area (Å²) < 4.78 is 0. The average molecular weight is 324 g/mol. The summed E-state index contributed by atoms with van der Waals surface area (Å²) in [5, 5.41) is 3.07. The SMILES string of the molecule is NC(=O)c1ccccc1N=C1NC(=O)/C(=C/c2cccnc2)S1. The number of nitrogens with one attached hydrogen (secondary N) is 1. The van der Waals surface area contributed by atoms with Gasteiger partial charge in [0.25, 0.3) is 11.8 Å². The fraction of sp³-hybridized carbons (Fsp3) is 0. The van der Waals surface area contributed by atoms with Crippen LogP contribution in [0.1, 0.15) is 15.9 Å². The van der Waals surface area contributed by atoms with Gasteiger partial charge in [0.15, 0.2) is 5.17 Å². The average Bonchev–Trinajstić information content (AvgIpc) is 2.88. The molecule has 0 saturated carbocycles. The van der Waals surface area contributed by atoms with Crippen molar-refractivity contribution in [3.05, 3.63) is 64.8 Å². The van der Waals surface area contributed by atoms with Gasteiger partial charge in [-0.3, -0.25) is 14.6 Å². The van der Waals surface area contributed by atoms with Gasteiger partial charge in [-0.15, -0.1) is 0 Å². The summed E-state index contributed by atoms with van der Waals surface area (Å²) in [7, 11) is 0. The number of primary amides is 1. The van der Waals surface area contributed by atoms with Crippen LogP contribution in [0.4, 0.5) is 5.69 Å². The summed E-state index contributed by atoms with van der Waals surface area (Å²) in [5.41, 5.74) is 6.87. The molecule has 1 aliphatic rings. The van der Waals surface area contributed by atoms with Gasteiger partial charge >= 0.3 is 0 Å². The predicted molar refractivity (Wildman–Crippen MR) is 90.0 cm³/mol. The number of rotatable bonds is 3. The van der Waals surface area contributed by atoms with Crippen molar-refractivity contribution in [2.45, 2.75) is 0 Å². The number of amidine groups is 1. The normalized spacial score (nSPS) is 17.5. The number of hydrogen-bond donors (Lipinski definition) is 2. The number of aromatic nitrogens is 1. The molecule has 1 saturated heterocycles. The Labute approximate surface area is 136 Å². The Bertz CT molecular complexity index is 831. The molecule has 0 atom stereocenters. The number of hydrogen-bond acceptors (Lipinski definition) is 5. The number of carbonyl (C=O) groups is 2. The zero-order chi connectivity index (χ0) is 16.2. The summed E-state index contributed by atoms with van der Waals surface area (Å²) in [6.07, 6.45) is 5.06. The van der Waals surface area contributed by atoms with E-state index in [0.717, 1.165) is 5.56 Å². The van der Waals surface area contributed by atoms with Crippen molar-refractivity contribution in [1.82, 2.24) is 10.3 Å². The molecular formula is C16H12N4O2S. The molecule has 1 aromatic carbocycles. The minimum atomic E-state index is -0.564. The first-order valence-electron chi connectivity index (χ1n) is 6.72. The van der Waals surface area contributed by atoms with Gasteiger partial charge in [0, 0.05) is 12.4 Å². The van der Waals surface area contributed by atoms with E-state index >= 15 is 0 Å². The van der Waals surface area contributed by atoms with E-state index in [9.17, 15) is 9.59 Å². The topological polar surface area (TPSA) is 97.4 Å². The molecule has 1 aliphatic heterocycles. The number of carbonyl (C=O) groups excluding carboxylic acids is 2. The maximum atomic E-state index is 12.0. The summed E-state index contributed by atoms with van der Waals surface area (Å²) >= 11 is 1.20. The molecular weight excluding hydrogens is 312 g/mol. The van der Waals surface area contributed by atoms with Crippen molar-refractivity contribution >= 4 is 40.5 Å². The fourth-order valence-corrected chi connectivity index (χ4v) is 2.82. The molecule has 3 rings (SSSR count). The van der Waals surface area contributed by atoms with E-state index in [1.54, 1.807) is 48.8 Å². The lowest BCUT2D eigenvalue weighted by atomic mass is 10.2. The molecule has 6 nitrogen and oxygen atoms in total. The minimum absolute atomic E-state index is 0.242. The van der Waals surface area contributed by atoms with Gasteiger partial charge < -0.3 is 11.1 Å². The molecule has 114 valence electrons. The molecule has 3 N–H and O–H groups in total. The number of nitrogens with two attached hydrogens (primary N) is 1. The zero-order valence-electron chi connectivity index (χ0n) is 11.9. The number of pyridine rings is 1. The number of nitrogens with zero attached hydrogens (tertiary/aromatic N) is 2. The second-order valence-corrected chi connectivity index (χ2v) is 5.68. The zero-order valence-corrected chi connectivity index (χ0v) is 12.7. The van der Waals surface area contributed by atoms with Crippen molar-refractivity contribution in [3.63, 3.8) is 0 Å². The van der Waals surface area contributed by atoms with E-state index in [0.29, 0.717) is 21.3 Å². The summed E-state index contributed by atoms with van der Waals surface area (Å²) in [6, 6.07) is 10.4. The molecule has 23 heavy (non-hydrogen) atoms. The van der Waals surface area contributed by atoms with Crippen molar-refractivity contribution in [3.8, 4) is 0 Å². The third-order valence-corrected chi connectivity index (χ3v) is 3.93. The van der Waals surface area contributed by atoms with Crippen LogP contribution >= 0.6 is 11.8 Å². The highest BCUT2D eigenvalue weighted by Gasteiger charge is 2.24. The van der Waals surface area contributed by atoms with Crippen LogP contribution in [0.25, 0.3) is 6.08 Å². The number of para-hydroxylation sites is 1. The lowest BCUT2D eigenvalue weighted by molar-refractivity contribution is -0.115. The third kappa shape index (κ3) is 3.46. The van der Waals surface area contributed by atoms with Crippen LogP contribution in [-0.4, -0.2) is 22.0 Å². The number of thioether (sulfide) groups is 1. The van der Waals surface area contributed by atoms with Gasteiger partial charge in [-0.05, 0) is 41.6 Å². The largest absolute Gasteiger partial charge is 0.366 e.